The number of aromatic nitrogens is 7. The number of rotatable bonds is 11. The Labute approximate surface area is 371 Å². The molecule has 2 N–H and O–H groups in total. The molecule has 0 saturated heterocycles. The molecule has 1 amide bonds. The van der Waals surface area contributed by atoms with Gasteiger partial charge in [-0.05, 0) is 66.4 Å². The van der Waals surface area contributed by atoms with Gasteiger partial charge in [0.1, 0.15) is 35.4 Å². The van der Waals surface area contributed by atoms with E-state index in [2.05, 4.69) is 20.2 Å². The number of alkyl halides is 4. The number of benzene rings is 3. The van der Waals surface area contributed by atoms with E-state index < -0.39 is 87.7 Å². The average molecular weight is 938 g/mol. The van der Waals surface area contributed by atoms with Crippen molar-refractivity contribution in [3.8, 4) is 16.9 Å². The zero-order chi connectivity index (χ0) is 46.7. The van der Waals surface area contributed by atoms with Gasteiger partial charge >= 0.3 is 0 Å². The van der Waals surface area contributed by atoms with E-state index in [0.29, 0.717) is 22.0 Å². The number of hydrogen-bond donors (Lipinski definition) is 2. The molecule has 0 spiro atoms. The van der Waals surface area contributed by atoms with E-state index >= 15 is 13.6 Å². The first kappa shape index (κ1) is 43.9. The Bertz CT molecular complexity index is 3290. The quantitative estimate of drug-likeness (QED) is 0.123. The number of amides is 1. The van der Waals surface area contributed by atoms with Gasteiger partial charge in [-0.2, -0.15) is 19.0 Å². The molecule has 7 aromatic rings. The van der Waals surface area contributed by atoms with Crippen LogP contribution in [0.1, 0.15) is 79.6 Å². The van der Waals surface area contributed by atoms with Crippen LogP contribution >= 0.6 is 11.6 Å². The monoisotopic (exact) mass is 937 g/mol. The minimum absolute atomic E-state index is 0.00468. The Morgan fingerprint density at radius 2 is 1.72 bits per heavy atom. The summed E-state index contributed by atoms with van der Waals surface area (Å²) in [7, 11) is -2.45. The number of carbonyl (C=O) groups is 1. The number of fused-ring (bicyclic) bond motifs is 5. The van der Waals surface area contributed by atoms with Gasteiger partial charge in [-0.15, -0.1) is 0 Å². The summed E-state index contributed by atoms with van der Waals surface area (Å²) in [5, 5.41) is 10.9. The maximum Gasteiger partial charge on any atom is 0.293 e. The first-order chi connectivity index (χ1) is 30.5. The third-order valence-electron chi connectivity index (χ3n) is 11.6. The SMILES string of the molecule is Cn1nc(NS(C)(=O)=O)c2c(Cl)ccc(-n3c([C@H](Cc4cc(F)cc(F)c4)NC(=O)Cn4nc(C(F)F)c5c4C(F)(F)[C@@H]4C[C@H]54)nc4cc(-c5cccc(C(C)(C)C)n5)ccc4c3=O)c21. The third kappa shape index (κ3) is 7.89. The Hall–Kier alpha value is -6.28. The maximum absolute atomic E-state index is 15.6. The highest BCUT2D eigenvalue weighted by molar-refractivity contribution is 7.92. The van der Waals surface area contributed by atoms with Crippen LogP contribution in [-0.2, 0) is 46.2 Å². The fraction of sp³-hybridized carbons (Fsp3) is 0.318. The van der Waals surface area contributed by atoms with Crippen LogP contribution in [0, 0.1) is 17.6 Å². The number of nitrogens with one attached hydrogen (secondary N) is 2. The van der Waals surface area contributed by atoms with E-state index in [4.69, 9.17) is 21.6 Å². The van der Waals surface area contributed by atoms with Crippen LogP contribution in [-0.4, -0.2) is 54.7 Å². The third-order valence-corrected chi connectivity index (χ3v) is 12.5. The molecule has 3 aromatic carbocycles. The number of anilines is 1. The van der Waals surface area contributed by atoms with Gasteiger partial charge in [-0.1, -0.05) is 44.5 Å². The van der Waals surface area contributed by atoms with E-state index in [1.807, 2.05) is 32.9 Å². The van der Waals surface area contributed by atoms with Crippen LogP contribution < -0.4 is 15.6 Å². The normalized spacial score (nSPS) is 17.1. The van der Waals surface area contributed by atoms with Crippen molar-refractivity contribution in [2.24, 2.45) is 13.0 Å². The predicted molar refractivity (Wildman–Crippen MR) is 230 cm³/mol. The summed E-state index contributed by atoms with van der Waals surface area (Å²) in [4.78, 5) is 39.1. The second-order valence-corrected chi connectivity index (χ2v) is 19.6. The zero-order valence-electron chi connectivity index (χ0n) is 35.1. The highest BCUT2D eigenvalue weighted by atomic mass is 35.5. The van der Waals surface area contributed by atoms with Crippen LogP contribution in [0.3, 0.4) is 0 Å². The molecule has 0 unspecified atom stereocenters. The van der Waals surface area contributed by atoms with Gasteiger partial charge in [0.15, 0.2) is 5.82 Å². The van der Waals surface area contributed by atoms with Gasteiger partial charge in [-0.25, -0.2) is 31.0 Å². The molecule has 1 fully saturated rings. The van der Waals surface area contributed by atoms with Crippen molar-refractivity contribution in [1.82, 2.24) is 39.4 Å². The number of nitrogens with zero attached hydrogens (tertiary/aromatic N) is 7. The van der Waals surface area contributed by atoms with Crippen LogP contribution in [0.2, 0.25) is 5.02 Å². The summed E-state index contributed by atoms with van der Waals surface area (Å²) in [6.45, 7) is 5.01. The standard InChI is InChI=1S/C44H38ClF6N9O4S/c1-43(2,3)32-8-6-7-28(52-32)21-9-10-24-29(16-21)54-41(60(42(24)62)31-12-11-27(45)35-37(31)58(4)56-40(35)57-65(5,63)64)30(15-20-13-22(46)17-23(47)14-20)53-33(61)19-59-38-34(36(55-59)39(48)49)25-18-26(25)44(38,50)51/h6-14,16-17,25-26,30,39H,15,18-19H2,1-5H3,(H,53,61)(H,56,57)/t25-,26+,30-/m0/s1. The highest BCUT2D eigenvalue weighted by Crippen LogP contribution is 2.68. The van der Waals surface area contributed by atoms with Gasteiger partial charge < -0.3 is 5.32 Å². The maximum atomic E-state index is 15.6. The lowest BCUT2D eigenvalue weighted by atomic mass is 9.91. The lowest BCUT2D eigenvalue weighted by Gasteiger charge is -2.24. The van der Waals surface area contributed by atoms with E-state index in [-0.39, 0.29) is 67.1 Å². The molecule has 21 heteroatoms. The summed E-state index contributed by atoms with van der Waals surface area (Å²) in [5.74, 6) is -9.02. The fourth-order valence-electron chi connectivity index (χ4n) is 8.75. The van der Waals surface area contributed by atoms with Gasteiger partial charge in [0.2, 0.25) is 15.9 Å². The number of sulfonamides is 1. The average Bonchev–Trinajstić information content (AvgIpc) is 3.75. The zero-order valence-corrected chi connectivity index (χ0v) is 36.7. The Kier molecular flexibility index (Phi) is 10.4. The highest BCUT2D eigenvalue weighted by Gasteiger charge is 2.67. The van der Waals surface area contributed by atoms with Gasteiger partial charge in [0.05, 0.1) is 50.5 Å². The first-order valence-electron chi connectivity index (χ1n) is 20.2. The molecule has 0 radical (unpaired) electrons. The molecule has 65 heavy (non-hydrogen) atoms. The van der Waals surface area contributed by atoms with Crippen molar-refractivity contribution in [2.75, 3.05) is 11.0 Å². The van der Waals surface area contributed by atoms with Crippen molar-refractivity contribution in [3.63, 3.8) is 0 Å². The Morgan fingerprint density at radius 1 is 1.00 bits per heavy atom. The smallest absolute Gasteiger partial charge is 0.293 e. The van der Waals surface area contributed by atoms with E-state index in [1.165, 1.54) is 29.9 Å². The van der Waals surface area contributed by atoms with Gasteiger partial charge in [-0.3, -0.25) is 33.2 Å². The Morgan fingerprint density at radius 3 is 2.40 bits per heavy atom. The summed E-state index contributed by atoms with van der Waals surface area (Å²) in [6, 6.07) is 14.2. The van der Waals surface area contributed by atoms with Crippen LogP contribution in [0.5, 0.6) is 0 Å². The lowest BCUT2D eigenvalue weighted by molar-refractivity contribution is -0.123. The molecule has 9 rings (SSSR count). The first-order valence-corrected chi connectivity index (χ1v) is 22.5. The van der Waals surface area contributed by atoms with Crippen LogP contribution in [0.15, 0.2) is 71.5 Å². The molecule has 3 atom stereocenters. The van der Waals surface area contributed by atoms with Crippen molar-refractivity contribution in [2.45, 2.75) is 69.9 Å². The fourth-order valence-corrected chi connectivity index (χ4v) is 9.49. The van der Waals surface area contributed by atoms with Crippen molar-refractivity contribution >= 4 is 55.2 Å². The summed E-state index contributed by atoms with van der Waals surface area (Å²) < 4.78 is 119. The van der Waals surface area contributed by atoms with Gasteiger partial charge in [0.25, 0.3) is 17.9 Å². The van der Waals surface area contributed by atoms with Crippen molar-refractivity contribution < 1.29 is 39.6 Å². The predicted octanol–water partition coefficient (Wildman–Crippen LogP) is 8.38. The van der Waals surface area contributed by atoms with Crippen molar-refractivity contribution in [1.29, 1.82) is 0 Å². The second-order valence-electron chi connectivity index (χ2n) is 17.4. The summed E-state index contributed by atoms with van der Waals surface area (Å²) in [6.07, 6.45) is -2.77. The van der Waals surface area contributed by atoms with E-state index in [1.54, 1.807) is 18.2 Å². The molecular weight excluding hydrogens is 900 g/mol. The molecule has 13 nitrogen and oxygen atoms in total. The molecule has 4 heterocycles. The molecule has 2 aliphatic carbocycles. The molecule has 0 aliphatic heterocycles. The minimum atomic E-state index is -3.92. The molecule has 1 saturated carbocycles. The van der Waals surface area contributed by atoms with Gasteiger partial charge in [0, 0.05) is 47.7 Å². The topological polar surface area (TPSA) is 159 Å². The summed E-state index contributed by atoms with van der Waals surface area (Å²) >= 11 is 6.66. The number of carbonyl (C=O) groups excluding carboxylic acids is 1. The number of aryl methyl sites for hydroxylation is 1. The molecule has 0 bridgehead atoms. The van der Waals surface area contributed by atoms with Crippen LogP contribution in [0.25, 0.3) is 38.8 Å². The number of pyridine rings is 1. The number of halogens is 7. The molecule has 2 aliphatic rings. The molecular formula is C44H38ClF6N9O4S. The van der Waals surface area contributed by atoms with Crippen molar-refractivity contribution in [3.05, 3.63) is 128 Å². The van der Waals surface area contributed by atoms with Crippen LogP contribution in [0.4, 0.5) is 32.2 Å². The minimum Gasteiger partial charge on any atom is -0.344 e. The Balaban J connectivity index is 1.26. The second kappa shape index (κ2) is 15.4. The molecule has 4 aromatic heterocycles. The lowest BCUT2D eigenvalue weighted by Crippen LogP contribution is -2.38. The summed E-state index contributed by atoms with van der Waals surface area (Å²) in [5.41, 5.74) is -0.924. The molecule has 338 valence electrons. The van der Waals surface area contributed by atoms with E-state index in [0.717, 1.165) is 28.6 Å². The largest absolute Gasteiger partial charge is 0.344 e. The van der Waals surface area contributed by atoms with E-state index in [9.17, 15) is 30.8 Å². The number of hydrogen-bond acceptors (Lipinski definition) is 8.